The summed E-state index contributed by atoms with van der Waals surface area (Å²) in [4.78, 5) is 56.8. The number of carbonyl (C=O) groups is 3. The van der Waals surface area contributed by atoms with Gasteiger partial charge < -0.3 is 29.7 Å². The fourth-order valence-electron chi connectivity index (χ4n) is 4.88. The third-order valence-electron chi connectivity index (χ3n) is 7.07. The number of fused-ring (bicyclic) bond motifs is 1. The molecule has 14 heteroatoms. The van der Waals surface area contributed by atoms with Crippen LogP contribution in [0.15, 0.2) is 42.7 Å². The van der Waals surface area contributed by atoms with Gasteiger partial charge in [0, 0.05) is 38.8 Å². The number of imidazole rings is 2. The third kappa shape index (κ3) is 8.33. The first kappa shape index (κ1) is 32.3. The van der Waals surface area contributed by atoms with Gasteiger partial charge in [0.2, 0.25) is 0 Å². The predicted octanol–water partition coefficient (Wildman–Crippen LogP) is 5.59. The predicted molar refractivity (Wildman–Crippen MR) is 171 cm³/mol. The number of hydrogen-bond acceptors (Lipinski definition) is 8. The molecule has 0 atom stereocenters. The van der Waals surface area contributed by atoms with E-state index in [9.17, 15) is 14.4 Å². The number of ketones is 1. The Balaban J connectivity index is 1.10. The average Bonchev–Trinajstić information content (AvgIpc) is 3.64. The van der Waals surface area contributed by atoms with Gasteiger partial charge >= 0.3 is 6.09 Å². The molecule has 2 amide bonds. The molecule has 0 radical (unpaired) electrons. The van der Waals surface area contributed by atoms with Crippen LogP contribution in [0.1, 0.15) is 54.0 Å². The molecule has 3 N–H and O–H groups in total. The van der Waals surface area contributed by atoms with Crippen molar-refractivity contribution in [2.45, 2.75) is 39.2 Å². The zero-order valence-corrected chi connectivity index (χ0v) is 26.8. The molecule has 2 aromatic heterocycles. The Kier molecular flexibility index (Phi) is 9.96. The van der Waals surface area contributed by atoms with Crippen LogP contribution in [0.5, 0.6) is 5.75 Å². The van der Waals surface area contributed by atoms with E-state index in [0.717, 1.165) is 31.6 Å². The van der Waals surface area contributed by atoms with Crippen LogP contribution in [0.4, 0.5) is 10.5 Å². The molecule has 0 bridgehead atoms. The summed E-state index contributed by atoms with van der Waals surface area (Å²) in [6.07, 6.45) is 1.75. The first-order valence-corrected chi connectivity index (χ1v) is 15.4. The normalized spacial score (nSPS) is 14.0. The van der Waals surface area contributed by atoms with E-state index >= 15 is 0 Å². The Morgan fingerprint density at radius 2 is 1.78 bits per heavy atom. The van der Waals surface area contributed by atoms with Crippen LogP contribution in [0.3, 0.4) is 0 Å². The number of amides is 2. The topological polar surface area (TPSA) is 146 Å². The number of nitrogens with one attached hydrogen (secondary N) is 3. The standard InChI is InChI=1S/C31H35Cl2N7O5/c1-31(2,3)45-30(43)40-13-11-39(12-14-40)10-5-15-44-19-8-9-22-23(16-19)37-25(36-22)17-24(41)27-28(35-18-34-27)29(42)38-26-20(32)6-4-7-21(26)33/h4,6-9,16,18H,5,10-15,17H2,1-3H3,(H,34,35)(H,36,37)(H,38,42). The maximum atomic E-state index is 13.1. The van der Waals surface area contributed by atoms with E-state index in [1.54, 1.807) is 23.1 Å². The van der Waals surface area contributed by atoms with Gasteiger partial charge in [-0.15, -0.1) is 0 Å². The number of anilines is 1. The summed E-state index contributed by atoms with van der Waals surface area (Å²) in [6, 6.07) is 10.4. The maximum Gasteiger partial charge on any atom is 0.410 e. The number of Topliss-reactive ketones (excluding diaryl/α,β-unsaturated/α-hetero) is 1. The Morgan fingerprint density at radius 1 is 1.04 bits per heavy atom. The number of hydrogen-bond donors (Lipinski definition) is 3. The largest absolute Gasteiger partial charge is 0.493 e. The second kappa shape index (κ2) is 13.9. The van der Waals surface area contributed by atoms with Gasteiger partial charge in [0.05, 0.1) is 46.1 Å². The Labute approximate surface area is 270 Å². The number of ether oxygens (including phenoxy) is 2. The van der Waals surface area contributed by atoms with Crippen molar-refractivity contribution in [1.82, 2.24) is 29.7 Å². The van der Waals surface area contributed by atoms with E-state index in [1.807, 2.05) is 39.0 Å². The molecule has 0 saturated carbocycles. The highest BCUT2D eigenvalue weighted by Gasteiger charge is 2.26. The molecule has 1 saturated heterocycles. The number of carbonyl (C=O) groups excluding carboxylic acids is 3. The van der Waals surface area contributed by atoms with Crippen LogP contribution in [0, 0.1) is 0 Å². The number of aromatic amines is 2. The van der Waals surface area contributed by atoms with E-state index in [0.29, 0.717) is 36.8 Å². The second-order valence-corrected chi connectivity index (χ2v) is 12.5. The molecule has 1 fully saturated rings. The minimum atomic E-state index is -0.597. The fraction of sp³-hybridized carbons (Fsp3) is 0.387. The first-order valence-electron chi connectivity index (χ1n) is 14.6. The molecule has 5 rings (SSSR count). The monoisotopic (exact) mass is 655 g/mol. The van der Waals surface area contributed by atoms with Gasteiger partial charge in [0.15, 0.2) is 5.78 Å². The van der Waals surface area contributed by atoms with Gasteiger partial charge in [0.25, 0.3) is 5.91 Å². The van der Waals surface area contributed by atoms with Gasteiger partial charge in [-0.3, -0.25) is 14.5 Å². The minimum Gasteiger partial charge on any atom is -0.493 e. The summed E-state index contributed by atoms with van der Waals surface area (Å²) in [6.45, 7) is 9.87. The Morgan fingerprint density at radius 3 is 2.49 bits per heavy atom. The Bertz CT molecular complexity index is 1670. The summed E-state index contributed by atoms with van der Waals surface area (Å²) in [7, 11) is 0. The number of para-hydroxylation sites is 1. The molecule has 12 nitrogen and oxygen atoms in total. The zero-order valence-electron chi connectivity index (χ0n) is 25.3. The number of halogens is 2. The molecule has 1 aliphatic rings. The van der Waals surface area contributed by atoms with Gasteiger partial charge in [-0.25, -0.2) is 14.8 Å². The summed E-state index contributed by atoms with van der Waals surface area (Å²) >= 11 is 12.3. The smallest absolute Gasteiger partial charge is 0.410 e. The number of nitrogens with zero attached hydrogens (tertiary/aromatic N) is 4. The molecule has 3 heterocycles. The van der Waals surface area contributed by atoms with Crippen LogP contribution in [0.25, 0.3) is 11.0 Å². The van der Waals surface area contributed by atoms with Crippen molar-refractivity contribution < 1.29 is 23.9 Å². The molecular formula is C31H35Cl2N7O5. The van der Waals surface area contributed by atoms with Crippen molar-refractivity contribution >= 4 is 57.7 Å². The van der Waals surface area contributed by atoms with Gasteiger partial charge in [-0.05, 0) is 51.5 Å². The van der Waals surface area contributed by atoms with Crippen molar-refractivity contribution in [3.8, 4) is 5.75 Å². The van der Waals surface area contributed by atoms with Crippen LogP contribution >= 0.6 is 23.2 Å². The van der Waals surface area contributed by atoms with Gasteiger partial charge in [-0.2, -0.15) is 0 Å². The number of aromatic nitrogens is 4. The number of piperazine rings is 1. The number of rotatable bonds is 10. The van der Waals surface area contributed by atoms with Crippen molar-refractivity contribution in [2.75, 3.05) is 44.6 Å². The molecule has 0 unspecified atom stereocenters. The van der Waals surface area contributed by atoms with Crippen molar-refractivity contribution in [1.29, 1.82) is 0 Å². The number of benzene rings is 2. The van der Waals surface area contributed by atoms with Crippen molar-refractivity contribution in [2.24, 2.45) is 0 Å². The van der Waals surface area contributed by atoms with Crippen molar-refractivity contribution in [3.63, 3.8) is 0 Å². The average molecular weight is 657 g/mol. The molecule has 2 aromatic carbocycles. The van der Waals surface area contributed by atoms with Gasteiger partial charge in [-0.1, -0.05) is 29.3 Å². The molecule has 0 spiro atoms. The highest BCUT2D eigenvalue weighted by atomic mass is 35.5. The lowest BCUT2D eigenvalue weighted by molar-refractivity contribution is 0.0142. The Hall–Kier alpha value is -4.13. The first-order chi connectivity index (χ1) is 21.5. The van der Waals surface area contributed by atoms with E-state index in [2.05, 4.69) is 30.2 Å². The lowest BCUT2D eigenvalue weighted by Crippen LogP contribution is -2.50. The van der Waals surface area contributed by atoms with Gasteiger partial charge in [0.1, 0.15) is 28.6 Å². The summed E-state index contributed by atoms with van der Waals surface area (Å²) in [5, 5.41) is 3.17. The molecule has 0 aliphatic carbocycles. The second-order valence-electron chi connectivity index (χ2n) is 11.7. The third-order valence-corrected chi connectivity index (χ3v) is 7.70. The van der Waals surface area contributed by atoms with E-state index in [-0.39, 0.29) is 39.6 Å². The SMILES string of the molecule is CC(C)(C)OC(=O)N1CCN(CCCOc2ccc3nc(CC(=O)c4nc[nH]c4C(=O)Nc4c(Cl)cccc4Cl)[nH]c3c2)CC1. The number of H-pyrrole nitrogens is 2. The summed E-state index contributed by atoms with van der Waals surface area (Å²) in [5.41, 5.74) is 1.12. The van der Waals surface area contributed by atoms with E-state index in [4.69, 9.17) is 32.7 Å². The fourth-order valence-corrected chi connectivity index (χ4v) is 5.37. The quantitative estimate of drug-likeness (QED) is 0.148. The summed E-state index contributed by atoms with van der Waals surface area (Å²) < 4.78 is 11.4. The zero-order chi connectivity index (χ0) is 32.1. The minimum absolute atomic E-state index is 0.00676. The van der Waals surface area contributed by atoms with E-state index < -0.39 is 17.3 Å². The van der Waals surface area contributed by atoms with Crippen molar-refractivity contribution in [3.05, 3.63) is 70.0 Å². The van der Waals surface area contributed by atoms with Crippen LogP contribution in [-0.2, 0) is 11.2 Å². The van der Waals surface area contributed by atoms with Crippen LogP contribution in [-0.4, -0.2) is 92.5 Å². The highest BCUT2D eigenvalue weighted by molar-refractivity contribution is 6.40. The van der Waals surface area contributed by atoms with Crippen LogP contribution < -0.4 is 10.1 Å². The lowest BCUT2D eigenvalue weighted by atomic mass is 10.1. The molecule has 45 heavy (non-hydrogen) atoms. The van der Waals surface area contributed by atoms with E-state index in [1.165, 1.54) is 6.33 Å². The molecule has 238 valence electrons. The highest BCUT2D eigenvalue weighted by Crippen LogP contribution is 2.30. The molecular weight excluding hydrogens is 621 g/mol. The molecule has 4 aromatic rings. The summed E-state index contributed by atoms with van der Waals surface area (Å²) in [5.74, 6) is 0.124. The lowest BCUT2D eigenvalue weighted by Gasteiger charge is -2.35. The molecule has 1 aliphatic heterocycles. The maximum absolute atomic E-state index is 13.1. The van der Waals surface area contributed by atoms with Crippen LogP contribution in [0.2, 0.25) is 10.0 Å².